The molecule has 5 nitrogen and oxygen atoms in total. The van der Waals surface area contributed by atoms with E-state index in [0.717, 1.165) is 15.3 Å². The van der Waals surface area contributed by atoms with Gasteiger partial charge in [-0.15, -0.1) is 40.6 Å². The van der Waals surface area contributed by atoms with Crippen LogP contribution in [-0.2, 0) is 17.9 Å². The normalized spacial score (nSPS) is 11.1. The molecule has 0 unspecified atom stereocenters. The SMILES string of the molecule is C=CCN(Cc1ccc(Cl)s1)C(=O)Cn1cnc2scc(-c3cccs3)c2c1=O. The molecule has 4 aromatic heterocycles. The first-order chi connectivity index (χ1) is 14.1. The maximum atomic E-state index is 13.1. The second-order valence-corrected chi connectivity index (χ2v) is 9.86. The second kappa shape index (κ2) is 8.62. The van der Waals surface area contributed by atoms with Gasteiger partial charge in [-0.3, -0.25) is 14.2 Å². The topological polar surface area (TPSA) is 55.2 Å². The zero-order valence-electron chi connectivity index (χ0n) is 15.2. The molecule has 0 aliphatic heterocycles. The van der Waals surface area contributed by atoms with Crippen molar-refractivity contribution >= 4 is 61.7 Å². The Hall–Kier alpha value is -2.26. The standard InChI is InChI=1S/C20H16ClN3O2S3/c1-2-7-23(9-13-5-6-16(21)29-13)17(25)10-24-12-22-19-18(20(24)26)14(11-28-19)15-4-3-8-27-15/h2-6,8,11-12H,1,7,9-10H2. The van der Waals surface area contributed by atoms with Crippen LogP contribution >= 0.6 is 45.6 Å². The lowest BCUT2D eigenvalue weighted by molar-refractivity contribution is -0.131. The number of carbonyl (C=O) groups is 1. The smallest absolute Gasteiger partial charge is 0.263 e. The molecule has 0 aromatic carbocycles. The van der Waals surface area contributed by atoms with E-state index in [0.29, 0.717) is 27.6 Å². The molecule has 4 heterocycles. The van der Waals surface area contributed by atoms with Gasteiger partial charge in [0, 0.05) is 27.2 Å². The quantitative estimate of drug-likeness (QED) is 0.359. The van der Waals surface area contributed by atoms with Gasteiger partial charge < -0.3 is 4.90 Å². The molecular formula is C20H16ClN3O2S3. The molecule has 0 saturated heterocycles. The number of fused-ring (bicyclic) bond motifs is 1. The molecule has 4 rings (SSSR count). The number of amides is 1. The van der Waals surface area contributed by atoms with Crippen LogP contribution in [0.5, 0.6) is 0 Å². The van der Waals surface area contributed by atoms with Gasteiger partial charge in [-0.25, -0.2) is 4.98 Å². The third-order valence-corrected chi connectivity index (χ3v) is 7.34. The maximum Gasteiger partial charge on any atom is 0.263 e. The van der Waals surface area contributed by atoms with Crippen LogP contribution in [-0.4, -0.2) is 26.9 Å². The number of thiophene rings is 3. The van der Waals surface area contributed by atoms with Gasteiger partial charge in [0.15, 0.2) is 0 Å². The van der Waals surface area contributed by atoms with E-state index in [2.05, 4.69) is 11.6 Å². The summed E-state index contributed by atoms with van der Waals surface area (Å²) in [6, 6.07) is 7.63. The maximum absolute atomic E-state index is 13.1. The summed E-state index contributed by atoms with van der Waals surface area (Å²) in [7, 11) is 0. The second-order valence-electron chi connectivity index (χ2n) is 6.25. The van der Waals surface area contributed by atoms with Crippen LogP contribution in [0.1, 0.15) is 4.88 Å². The van der Waals surface area contributed by atoms with Gasteiger partial charge in [0.05, 0.1) is 22.6 Å². The van der Waals surface area contributed by atoms with Crippen molar-refractivity contribution in [2.75, 3.05) is 6.54 Å². The summed E-state index contributed by atoms with van der Waals surface area (Å²) in [4.78, 5) is 34.8. The number of halogens is 1. The number of rotatable bonds is 7. The summed E-state index contributed by atoms with van der Waals surface area (Å²) in [5, 5.41) is 4.48. The van der Waals surface area contributed by atoms with Crippen molar-refractivity contribution in [2.24, 2.45) is 0 Å². The Balaban J connectivity index is 1.63. The number of hydrogen-bond donors (Lipinski definition) is 0. The van der Waals surface area contributed by atoms with Gasteiger partial charge in [-0.1, -0.05) is 23.7 Å². The molecule has 0 spiro atoms. The highest BCUT2D eigenvalue weighted by atomic mass is 35.5. The first-order valence-corrected chi connectivity index (χ1v) is 11.7. The summed E-state index contributed by atoms with van der Waals surface area (Å²) in [6.45, 7) is 4.47. The molecule has 0 atom stereocenters. The molecular weight excluding hydrogens is 446 g/mol. The van der Waals surface area contributed by atoms with Crippen LogP contribution < -0.4 is 5.56 Å². The number of hydrogen-bond acceptors (Lipinski definition) is 6. The molecule has 0 aliphatic carbocycles. The summed E-state index contributed by atoms with van der Waals surface area (Å²) < 4.78 is 2.06. The van der Waals surface area contributed by atoms with Crippen LogP contribution in [0.25, 0.3) is 20.7 Å². The van der Waals surface area contributed by atoms with Crippen molar-refractivity contribution in [3.63, 3.8) is 0 Å². The lowest BCUT2D eigenvalue weighted by Crippen LogP contribution is -2.36. The van der Waals surface area contributed by atoms with E-state index in [9.17, 15) is 9.59 Å². The highest BCUT2D eigenvalue weighted by Crippen LogP contribution is 2.33. The molecule has 0 bridgehead atoms. The largest absolute Gasteiger partial charge is 0.332 e. The van der Waals surface area contributed by atoms with Crippen LogP contribution in [0, 0.1) is 0 Å². The van der Waals surface area contributed by atoms with E-state index in [1.165, 1.54) is 33.6 Å². The van der Waals surface area contributed by atoms with E-state index in [4.69, 9.17) is 11.6 Å². The molecule has 0 radical (unpaired) electrons. The molecule has 0 fully saturated rings. The van der Waals surface area contributed by atoms with Crippen molar-refractivity contribution in [2.45, 2.75) is 13.1 Å². The summed E-state index contributed by atoms with van der Waals surface area (Å²) in [5.74, 6) is -0.175. The minimum absolute atomic E-state index is 0.0750. The van der Waals surface area contributed by atoms with Gasteiger partial charge in [0.2, 0.25) is 5.91 Å². The monoisotopic (exact) mass is 461 g/mol. The highest BCUT2D eigenvalue weighted by Gasteiger charge is 2.18. The molecule has 1 amide bonds. The molecule has 0 aliphatic rings. The fourth-order valence-corrected chi connectivity index (χ4v) is 5.80. The number of carbonyl (C=O) groups excluding carboxylic acids is 1. The summed E-state index contributed by atoms with van der Waals surface area (Å²) in [6.07, 6.45) is 3.12. The lowest BCUT2D eigenvalue weighted by atomic mass is 10.2. The molecule has 9 heteroatoms. The molecule has 0 N–H and O–H groups in total. The molecule has 4 aromatic rings. The van der Waals surface area contributed by atoms with E-state index in [1.807, 2.05) is 35.0 Å². The number of aromatic nitrogens is 2. The van der Waals surface area contributed by atoms with Crippen molar-refractivity contribution in [3.8, 4) is 10.4 Å². The van der Waals surface area contributed by atoms with E-state index < -0.39 is 0 Å². The van der Waals surface area contributed by atoms with Gasteiger partial charge in [-0.2, -0.15) is 0 Å². The average molecular weight is 462 g/mol. The van der Waals surface area contributed by atoms with Crippen molar-refractivity contribution in [1.29, 1.82) is 0 Å². The number of nitrogens with zero attached hydrogens (tertiary/aromatic N) is 3. The van der Waals surface area contributed by atoms with Crippen LogP contribution in [0.4, 0.5) is 0 Å². The Morgan fingerprint density at radius 2 is 2.17 bits per heavy atom. The van der Waals surface area contributed by atoms with Gasteiger partial charge in [-0.05, 0) is 23.6 Å². The van der Waals surface area contributed by atoms with Crippen molar-refractivity contribution in [1.82, 2.24) is 14.5 Å². The van der Waals surface area contributed by atoms with Gasteiger partial charge in [0.1, 0.15) is 11.4 Å². The Morgan fingerprint density at radius 1 is 1.31 bits per heavy atom. The lowest BCUT2D eigenvalue weighted by Gasteiger charge is -2.21. The van der Waals surface area contributed by atoms with E-state index in [1.54, 1.807) is 22.3 Å². The Kier molecular flexibility index (Phi) is 5.96. The zero-order valence-corrected chi connectivity index (χ0v) is 18.4. The first-order valence-electron chi connectivity index (χ1n) is 8.70. The molecule has 148 valence electrons. The third-order valence-electron chi connectivity index (χ3n) is 4.33. The molecule has 0 saturated carbocycles. The van der Waals surface area contributed by atoms with Crippen molar-refractivity contribution in [3.05, 3.63) is 73.6 Å². The van der Waals surface area contributed by atoms with Crippen LogP contribution in [0.3, 0.4) is 0 Å². The van der Waals surface area contributed by atoms with Crippen LogP contribution in [0.15, 0.2) is 58.8 Å². The Labute approximate surface area is 184 Å². The van der Waals surface area contributed by atoms with E-state index in [-0.39, 0.29) is 18.0 Å². The summed E-state index contributed by atoms with van der Waals surface area (Å²) in [5.41, 5.74) is 0.668. The first kappa shape index (κ1) is 20.0. The van der Waals surface area contributed by atoms with Crippen LogP contribution in [0.2, 0.25) is 4.34 Å². The molecule has 29 heavy (non-hydrogen) atoms. The Bertz CT molecular complexity index is 1220. The predicted molar refractivity (Wildman–Crippen MR) is 122 cm³/mol. The minimum atomic E-state index is -0.203. The average Bonchev–Trinajstić information content (AvgIpc) is 3.44. The minimum Gasteiger partial charge on any atom is -0.332 e. The van der Waals surface area contributed by atoms with E-state index >= 15 is 0 Å². The highest BCUT2D eigenvalue weighted by molar-refractivity contribution is 7.18. The fraction of sp³-hybridized carbons (Fsp3) is 0.150. The van der Waals surface area contributed by atoms with Gasteiger partial charge in [0.25, 0.3) is 5.56 Å². The summed E-state index contributed by atoms with van der Waals surface area (Å²) >= 11 is 10.4. The van der Waals surface area contributed by atoms with Crippen molar-refractivity contribution < 1.29 is 4.79 Å². The Morgan fingerprint density at radius 3 is 2.86 bits per heavy atom. The third kappa shape index (κ3) is 4.20. The predicted octanol–water partition coefficient (Wildman–Crippen LogP) is 5.12. The zero-order chi connectivity index (χ0) is 20.4. The van der Waals surface area contributed by atoms with Gasteiger partial charge >= 0.3 is 0 Å². The fourth-order valence-electron chi connectivity index (χ4n) is 2.97.